The molecule has 9 aromatic rings. The van der Waals surface area contributed by atoms with E-state index in [-0.39, 0.29) is 5.41 Å². The highest BCUT2D eigenvalue weighted by Crippen LogP contribution is 2.53. The van der Waals surface area contributed by atoms with E-state index >= 15 is 0 Å². The minimum atomic E-state index is -0.127. The Balaban J connectivity index is 1.11. The van der Waals surface area contributed by atoms with Crippen LogP contribution in [0.1, 0.15) is 25.0 Å². The predicted octanol–water partition coefficient (Wildman–Crippen LogP) is 13.0. The monoisotopic (exact) mass is 656 g/mol. The first-order valence-corrected chi connectivity index (χ1v) is 18.0. The standard InChI is InChI=1S/C47H32N2S/c1-47(2)39-17-10-16-37(45(39)38-25-32-13-6-7-14-33(32)26-40(38)47)42-28-41(48-46(49-42)31-11-4-3-5-12-31)30-21-19-29(20-22-30)34-23-24-36-35-15-8-9-18-43(35)50-44(36)27-34/h3-28H,1-2H3. The van der Waals surface area contributed by atoms with E-state index in [2.05, 4.69) is 166 Å². The van der Waals surface area contributed by atoms with Crippen LogP contribution in [0.4, 0.5) is 0 Å². The molecule has 0 saturated carbocycles. The third-order valence-electron chi connectivity index (χ3n) is 10.5. The normalized spacial score (nSPS) is 13.2. The molecular formula is C47H32N2S. The molecule has 0 atom stereocenters. The van der Waals surface area contributed by atoms with Gasteiger partial charge in [0.1, 0.15) is 0 Å². The van der Waals surface area contributed by atoms with Crippen molar-refractivity contribution in [3.05, 3.63) is 169 Å². The average molecular weight is 657 g/mol. The van der Waals surface area contributed by atoms with E-state index in [4.69, 9.17) is 9.97 Å². The van der Waals surface area contributed by atoms with Crippen molar-refractivity contribution < 1.29 is 0 Å². The molecule has 1 aliphatic rings. The summed E-state index contributed by atoms with van der Waals surface area (Å²) in [5.41, 5.74) is 12.6. The van der Waals surface area contributed by atoms with Gasteiger partial charge >= 0.3 is 0 Å². The molecule has 2 nitrogen and oxygen atoms in total. The molecule has 0 aliphatic heterocycles. The molecular weight excluding hydrogens is 625 g/mol. The summed E-state index contributed by atoms with van der Waals surface area (Å²) in [5, 5.41) is 5.17. The van der Waals surface area contributed by atoms with E-state index in [0.29, 0.717) is 0 Å². The molecule has 0 spiro atoms. The molecule has 0 amide bonds. The maximum absolute atomic E-state index is 5.26. The van der Waals surface area contributed by atoms with Crippen molar-refractivity contribution in [2.24, 2.45) is 0 Å². The lowest BCUT2D eigenvalue weighted by atomic mass is 9.81. The maximum Gasteiger partial charge on any atom is 0.160 e. The number of fused-ring (bicyclic) bond motifs is 7. The van der Waals surface area contributed by atoms with Gasteiger partial charge in [-0.05, 0) is 74.5 Å². The molecule has 0 saturated heterocycles. The first-order chi connectivity index (χ1) is 24.5. The van der Waals surface area contributed by atoms with Crippen LogP contribution in [0.3, 0.4) is 0 Å². The summed E-state index contributed by atoms with van der Waals surface area (Å²) in [6.45, 7) is 4.69. The van der Waals surface area contributed by atoms with Crippen LogP contribution in [0.5, 0.6) is 0 Å². The first kappa shape index (κ1) is 29.1. The summed E-state index contributed by atoms with van der Waals surface area (Å²) in [6.07, 6.45) is 0. The highest BCUT2D eigenvalue weighted by molar-refractivity contribution is 7.25. The highest BCUT2D eigenvalue weighted by Gasteiger charge is 2.37. The van der Waals surface area contributed by atoms with Gasteiger partial charge in [-0.2, -0.15) is 0 Å². The molecule has 1 aliphatic carbocycles. The fraction of sp³-hybridized carbons (Fsp3) is 0.0638. The van der Waals surface area contributed by atoms with Crippen LogP contribution in [0.25, 0.3) is 87.1 Å². The molecule has 7 aromatic carbocycles. The zero-order valence-electron chi connectivity index (χ0n) is 27.8. The van der Waals surface area contributed by atoms with Crippen LogP contribution < -0.4 is 0 Å². The van der Waals surface area contributed by atoms with Crippen LogP contribution in [0, 0.1) is 0 Å². The zero-order valence-corrected chi connectivity index (χ0v) is 28.6. The van der Waals surface area contributed by atoms with Gasteiger partial charge in [-0.25, -0.2) is 9.97 Å². The summed E-state index contributed by atoms with van der Waals surface area (Å²) in [6, 6.07) is 57.0. The molecule has 10 rings (SSSR count). The van der Waals surface area contributed by atoms with Crippen molar-refractivity contribution in [1.29, 1.82) is 0 Å². The molecule has 2 heterocycles. The van der Waals surface area contributed by atoms with E-state index in [0.717, 1.165) is 33.9 Å². The first-order valence-electron chi connectivity index (χ1n) is 17.2. The Kier molecular flexibility index (Phi) is 6.43. The Labute approximate surface area is 295 Å². The van der Waals surface area contributed by atoms with E-state index in [9.17, 15) is 0 Å². The number of nitrogens with zero attached hydrogens (tertiary/aromatic N) is 2. The van der Waals surface area contributed by atoms with Crippen molar-refractivity contribution in [2.45, 2.75) is 19.3 Å². The lowest BCUT2D eigenvalue weighted by molar-refractivity contribution is 0.661. The molecule has 0 radical (unpaired) electrons. The van der Waals surface area contributed by atoms with Crippen molar-refractivity contribution >= 4 is 42.3 Å². The summed E-state index contributed by atoms with van der Waals surface area (Å²) in [4.78, 5) is 10.4. The van der Waals surface area contributed by atoms with Gasteiger partial charge in [0, 0.05) is 42.3 Å². The minimum absolute atomic E-state index is 0.127. The second-order valence-corrected chi connectivity index (χ2v) is 14.9. The van der Waals surface area contributed by atoms with Gasteiger partial charge in [0.05, 0.1) is 11.4 Å². The van der Waals surface area contributed by atoms with E-state index in [1.54, 1.807) is 0 Å². The number of thiophene rings is 1. The number of aromatic nitrogens is 2. The van der Waals surface area contributed by atoms with Gasteiger partial charge in [0.15, 0.2) is 5.82 Å². The molecule has 0 fully saturated rings. The number of hydrogen-bond donors (Lipinski definition) is 0. The van der Waals surface area contributed by atoms with Gasteiger partial charge in [0.2, 0.25) is 0 Å². The van der Waals surface area contributed by atoms with Crippen LogP contribution in [-0.2, 0) is 5.41 Å². The fourth-order valence-electron chi connectivity index (χ4n) is 7.87. The molecule has 0 unspecified atom stereocenters. The van der Waals surface area contributed by atoms with Gasteiger partial charge in [-0.1, -0.05) is 141 Å². The lowest BCUT2D eigenvalue weighted by Gasteiger charge is -2.22. The third-order valence-corrected chi connectivity index (χ3v) is 11.6. The zero-order chi connectivity index (χ0) is 33.4. The predicted molar refractivity (Wildman–Crippen MR) is 212 cm³/mol. The molecule has 50 heavy (non-hydrogen) atoms. The van der Waals surface area contributed by atoms with Crippen molar-refractivity contribution in [3.8, 4) is 56.2 Å². The topological polar surface area (TPSA) is 25.8 Å². The molecule has 3 heteroatoms. The Bertz CT molecular complexity index is 2770. The lowest BCUT2D eigenvalue weighted by Crippen LogP contribution is -2.14. The van der Waals surface area contributed by atoms with Crippen molar-refractivity contribution in [1.82, 2.24) is 9.97 Å². The third kappa shape index (κ3) is 4.54. The van der Waals surface area contributed by atoms with E-state index in [1.807, 2.05) is 17.4 Å². The molecule has 0 N–H and O–H groups in total. The van der Waals surface area contributed by atoms with E-state index in [1.165, 1.54) is 64.3 Å². The highest BCUT2D eigenvalue weighted by atomic mass is 32.1. The number of hydrogen-bond acceptors (Lipinski definition) is 3. The molecule has 236 valence electrons. The van der Waals surface area contributed by atoms with Crippen LogP contribution in [-0.4, -0.2) is 9.97 Å². The van der Waals surface area contributed by atoms with E-state index < -0.39 is 0 Å². The summed E-state index contributed by atoms with van der Waals surface area (Å²) in [5.74, 6) is 0.728. The maximum atomic E-state index is 5.26. The molecule has 0 bridgehead atoms. The number of rotatable bonds is 4. The summed E-state index contributed by atoms with van der Waals surface area (Å²) in [7, 11) is 0. The summed E-state index contributed by atoms with van der Waals surface area (Å²) < 4.78 is 2.64. The van der Waals surface area contributed by atoms with Crippen LogP contribution >= 0.6 is 11.3 Å². The van der Waals surface area contributed by atoms with Crippen molar-refractivity contribution in [3.63, 3.8) is 0 Å². The van der Waals surface area contributed by atoms with Gasteiger partial charge in [-0.15, -0.1) is 11.3 Å². The largest absolute Gasteiger partial charge is 0.228 e. The van der Waals surface area contributed by atoms with Crippen LogP contribution in [0.2, 0.25) is 0 Å². The van der Waals surface area contributed by atoms with Gasteiger partial charge in [0.25, 0.3) is 0 Å². The Morgan fingerprint density at radius 2 is 1.12 bits per heavy atom. The number of benzene rings is 7. The summed E-state index contributed by atoms with van der Waals surface area (Å²) >= 11 is 1.86. The average Bonchev–Trinajstić information content (AvgIpc) is 3.65. The smallest absolute Gasteiger partial charge is 0.160 e. The Morgan fingerprint density at radius 3 is 1.96 bits per heavy atom. The van der Waals surface area contributed by atoms with Crippen LogP contribution in [0.15, 0.2) is 158 Å². The van der Waals surface area contributed by atoms with Gasteiger partial charge < -0.3 is 0 Å². The Hall–Kier alpha value is -5.90. The second-order valence-electron chi connectivity index (χ2n) is 13.8. The fourth-order valence-corrected chi connectivity index (χ4v) is 9.02. The van der Waals surface area contributed by atoms with Gasteiger partial charge in [-0.3, -0.25) is 0 Å². The van der Waals surface area contributed by atoms with Crippen molar-refractivity contribution in [2.75, 3.05) is 0 Å². The molecule has 2 aromatic heterocycles. The quantitative estimate of drug-likeness (QED) is 0.188. The minimum Gasteiger partial charge on any atom is -0.228 e. The Morgan fingerprint density at radius 1 is 0.440 bits per heavy atom. The SMILES string of the molecule is CC1(C)c2cc3ccccc3cc2-c2c(-c3cc(-c4ccc(-c5ccc6c(c5)sc5ccccc56)cc4)nc(-c4ccccc4)n3)cccc21. The second kappa shape index (κ2) is 11.1.